The van der Waals surface area contributed by atoms with Crippen LogP contribution in [-0.2, 0) is 6.42 Å². The summed E-state index contributed by atoms with van der Waals surface area (Å²) in [5.41, 5.74) is 2.50. The Morgan fingerprint density at radius 3 is 2.75 bits per heavy atom. The molecule has 1 unspecified atom stereocenters. The van der Waals surface area contributed by atoms with Crippen molar-refractivity contribution < 1.29 is 0 Å². The highest BCUT2D eigenvalue weighted by atomic mass is 15.0. The lowest BCUT2D eigenvalue weighted by Crippen LogP contribution is -2.32. The Labute approximate surface area is 46.6 Å². The zero-order chi connectivity index (χ0) is 5.14. The van der Waals surface area contributed by atoms with Gasteiger partial charge in [0, 0.05) is 5.56 Å². The van der Waals surface area contributed by atoms with Crippen LogP contribution in [0.25, 0.3) is 0 Å². The van der Waals surface area contributed by atoms with Gasteiger partial charge in [0.05, 0.1) is 17.8 Å². The van der Waals surface area contributed by atoms with E-state index in [9.17, 15) is 0 Å². The first kappa shape index (κ1) is 3.17. The highest BCUT2D eigenvalue weighted by molar-refractivity contribution is 5.44. The lowest BCUT2D eigenvalue weighted by Gasteiger charge is -2.35. The van der Waals surface area contributed by atoms with Crippen molar-refractivity contribution in [2.45, 2.75) is 12.3 Å². The van der Waals surface area contributed by atoms with Gasteiger partial charge in [0.15, 0.2) is 0 Å². The van der Waals surface area contributed by atoms with Gasteiger partial charge in [-0.3, -0.25) is 0 Å². The summed E-state index contributed by atoms with van der Waals surface area (Å²) in [5, 5.41) is 0. The third kappa shape index (κ3) is 0.146. The Hall–Kier alpha value is -0.920. The van der Waals surface area contributed by atoms with E-state index in [0.29, 0.717) is 5.92 Å². The summed E-state index contributed by atoms with van der Waals surface area (Å²) in [6.07, 6.45) is 4.09. The average molecular weight is 103 g/mol. The summed E-state index contributed by atoms with van der Waals surface area (Å²) in [6, 6.07) is 0. The van der Waals surface area contributed by atoms with Gasteiger partial charge in [-0.15, -0.1) is 0 Å². The molecular weight excluding hydrogens is 100 g/mol. The Morgan fingerprint density at radius 2 is 2.62 bits per heavy atom. The molecule has 4 heterocycles. The molecule has 4 aliphatic rings. The predicted molar refractivity (Wildman–Crippen MR) is 26.4 cm³/mol. The zero-order valence-electron chi connectivity index (χ0n) is 4.18. The van der Waals surface area contributed by atoms with Crippen molar-refractivity contribution in [1.82, 2.24) is 9.97 Å². The molecule has 1 aromatic rings. The molecule has 5 rings (SSSR count). The van der Waals surface area contributed by atoms with E-state index < -0.39 is 0 Å². The number of hydrogen-bond donors (Lipinski definition) is 0. The molecule has 0 saturated carbocycles. The maximum atomic E-state index is 4.12. The molecule has 8 heavy (non-hydrogen) atoms. The average Bonchev–Trinajstić information content (AvgIpc) is 1.84. The SMILES string of the molecule is [c]1nc2nc3c1CC23. The number of aromatic nitrogens is 2. The fraction of sp³-hybridized carbons (Fsp3) is 0.333. The van der Waals surface area contributed by atoms with Crippen LogP contribution in [0.2, 0.25) is 0 Å². The van der Waals surface area contributed by atoms with Gasteiger partial charge < -0.3 is 0 Å². The van der Waals surface area contributed by atoms with Crippen LogP contribution in [0.4, 0.5) is 0 Å². The molecule has 0 fully saturated rings. The summed E-state index contributed by atoms with van der Waals surface area (Å²) < 4.78 is 0. The highest BCUT2D eigenvalue weighted by Crippen LogP contribution is 2.43. The van der Waals surface area contributed by atoms with Crippen LogP contribution < -0.4 is 0 Å². The molecule has 1 radical (unpaired) electrons. The van der Waals surface area contributed by atoms with Crippen LogP contribution >= 0.6 is 0 Å². The van der Waals surface area contributed by atoms with Crippen molar-refractivity contribution in [3.63, 3.8) is 0 Å². The van der Waals surface area contributed by atoms with Crippen LogP contribution in [0.5, 0.6) is 0 Å². The molecule has 3 aliphatic heterocycles. The second-order valence-electron chi connectivity index (χ2n) is 2.31. The lowest BCUT2D eigenvalue weighted by atomic mass is 9.77. The number of nitrogens with zero attached hydrogens (tertiary/aromatic N) is 2. The highest BCUT2D eigenvalue weighted by Gasteiger charge is 2.40. The van der Waals surface area contributed by atoms with Gasteiger partial charge >= 0.3 is 0 Å². The standard InChI is InChI=1S/C6H3N2/c1-3-2-7-6-4(1)5(3)8-6/h4H,1H2. The van der Waals surface area contributed by atoms with Crippen molar-refractivity contribution in [1.29, 1.82) is 0 Å². The van der Waals surface area contributed by atoms with Crippen LogP contribution in [0.3, 0.4) is 0 Å². The molecule has 1 aromatic heterocycles. The molecule has 0 spiro atoms. The van der Waals surface area contributed by atoms with E-state index >= 15 is 0 Å². The molecular formula is C6H3N2. The monoisotopic (exact) mass is 103 g/mol. The smallest absolute Gasteiger partial charge is 0.138 e. The van der Waals surface area contributed by atoms with Gasteiger partial charge in [-0.2, -0.15) is 0 Å². The van der Waals surface area contributed by atoms with E-state index in [0.717, 1.165) is 12.2 Å². The van der Waals surface area contributed by atoms with Crippen LogP contribution in [0.15, 0.2) is 0 Å². The molecule has 2 heteroatoms. The fourth-order valence-electron chi connectivity index (χ4n) is 1.31. The van der Waals surface area contributed by atoms with Crippen LogP contribution in [-0.4, -0.2) is 9.97 Å². The van der Waals surface area contributed by atoms with Gasteiger partial charge in [-0.1, -0.05) is 0 Å². The fourth-order valence-corrected chi connectivity index (χ4v) is 1.31. The van der Waals surface area contributed by atoms with Gasteiger partial charge in [-0.05, 0) is 6.42 Å². The predicted octanol–water partition coefficient (Wildman–Crippen LogP) is 0.278. The molecule has 0 amide bonds. The van der Waals surface area contributed by atoms with E-state index in [4.69, 9.17) is 0 Å². The molecule has 1 atom stereocenters. The maximum absolute atomic E-state index is 4.12. The van der Waals surface area contributed by atoms with E-state index in [1.54, 1.807) is 0 Å². The first-order valence-corrected chi connectivity index (χ1v) is 2.73. The summed E-state index contributed by atoms with van der Waals surface area (Å²) in [5.74, 6) is 1.65. The molecule has 4 bridgehead atoms. The summed E-state index contributed by atoms with van der Waals surface area (Å²) >= 11 is 0. The minimum atomic E-state index is 0.645. The normalized spacial score (nSPS) is 26.2. The molecule has 1 aliphatic carbocycles. The Morgan fingerprint density at radius 1 is 1.62 bits per heavy atom. The largest absolute Gasteiger partial charge is 0.236 e. The number of hydrogen-bond acceptors (Lipinski definition) is 2. The molecule has 2 nitrogen and oxygen atoms in total. The van der Waals surface area contributed by atoms with Gasteiger partial charge in [0.25, 0.3) is 0 Å². The minimum absolute atomic E-state index is 0.645. The third-order valence-electron chi connectivity index (χ3n) is 1.90. The Kier molecular flexibility index (Phi) is 0.274. The lowest BCUT2D eigenvalue weighted by molar-refractivity contribution is 0.531. The van der Waals surface area contributed by atoms with Crippen LogP contribution in [0, 0.1) is 6.20 Å². The van der Waals surface area contributed by atoms with Crippen molar-refractivity contribution in [2.75, 3.05) is 0 Å². The minimum Gasteiger partial charge on any atom is -0.236 e. The molecule has 0 saturated heterocycles. The maximum Gasteiger partial charge on any atom is 0.138 e. The van der Waals surface area contributed by atoms with Gasteiger partial charge in [0.2, 0.25) is 0 Å². The van der Waals surface area contributed by atoms with Gasteiger partial charge in [0.1, 0.15) is 5.82 Å². The van der Waals surface area contributed by atoms with Crippen molar-refractivity contribution in [2.24, 2.45) is 0 Å². The van der Waals surface area contributed by atoms with Gasteiger partial charge in [-0.25, -0.2) is 9.97 Å². The number of rotatable bonds is 0. The molecule has 0 N–H and O–H groups in total. The molecule has 37 valence electrons. The van der Waals surface area contributed by atoms with Crippen molar-refractivity contribution >= 4 is 0 Å². The summed E-state index contributed by atoms with van der Waals surface area (Å²) in [4.78, 5) is 8.09. The van der Waals surface area contributed by atoms with E-state index in [-0.39, 0.29) is 0 Å². The Bertz CT molecular complexity index is 258. The quantitative estimate of drug-likeness (QED) is 0.471. The van der Waals surface area contributed by atoms with Crippen LogP contribution in [0.1, 0.15) is 23.0 Å². The second kappa shape index (κ2) is 0.690. The van der Waals surface area contributed by atoms with E-state index in [2.05, 4.69) is 16.2 Å². The third-order valence-corrected chi connectivity index (χ3v) is 1.90. The van der Waals surface area contributed by atoms with E-state index in [1.807, 2.05) is 0 Å². The van der Waals surface area contributed by atoms with Crippen molar-refractivity contribution in [3.8, 4) is 0 Å². The first-order chi connectivity index (χ1) is 3.95. The van der Waals surface area contributed by atoms with E-state index in [1.165, 1.54) is 11.3 Å². The molecule has 0 aromatic carbocycles. The Balaban J connectivity index is 2.60. The zero-order valence-corrected chi connectivity index (χ0v) is 4.18. The topological polar surface area (TPSA) is 25.8 Å². The summed E-state index contributed by atoms with van der Waals surface area (Å²) in [7, 11) is 0. The summed E-state index contributed by atoms with van der Waals surface area (Å²) in [6.45, 7) is 0. The second-order valence-corrected chi connectivity index (χ2v) is 2.31. The van der Waals surface area contributed by atoms with Crippen molar-refractivity contribution in [3.05, 3.63) is 23.3 Å². The first-order valence-electron chi connectivity index (χ1n) is 2.73.